The molecule has 0 saturated heterocycles. The Hall–Kier alpha value is -1.79. The average molecular weight is 300 g/mol. The minimum atomic E-state index is -0.829. The van der Waals surface area contributed by atoms with E-state index in [-0.39, 0.29) is 36.3 Å². The third-order valence-corrected chi connectivity index (χ3v) is 2.88. The number of amides is 2. The summed E-state index contributed by atoms with van der Waals surface area (Å²) < 4.78 is 0. The van der Waals surface area contributed by atoms with Crippen molar-refractivity contribution in [1.29, 1.82) is 0 Å². The molecule has 0 aliphatic heterocycles. The second-order valence-electron chi connectivity index (χ2n) is 6.04. The standard InChI is InChI=1S/C14H28N4O3/c1-9(2)18(10(3)4)12(20)8-21-17-13(15)14(6,7)16-11(5)19/h9-10H,8H2,1-7H3,(H2,15,17)(H,16,19). The molecule has 7 nitrogen and oxygen atoms in total. The highest BCUT2D eigenvalue weighted by Gasteiger charge is 2.25. The Balaban J connectivity index is 4.62. The normalized spacial score (nSPS) is 12.5. The summed E-state index contributed by atoms with van der Waals surface area (Å²) in [6, 6.07) is 0.163. The summed E-state index contributed by atoms with van der Waals surface area (Å²) in [6.07, 6.45) is 0. The summed E-state index contributed by atoms with van der Waals surface area (Å²) in [5.74, 6) is -0.278. The van der Waals surface area contributed by atoms with Gasteiger partial charge in [-0.2, -0.15) is 0 Å². The topological polar surface area (TPSA) is 97.0 Å². The molecule has 0 aromatic heterocycles. The highest BCUT2D eigenvalue weighted by Crippen LogP contribution is 2.06. The largest absolute Gasteiger partial charge is 0.384 e. The number of nitrogens with one attached hydrogen (secondary N) is 1. The fourth-order valence-electron chi connectivity index (χ4n) is 2.02. The zero-order valence-electron chi connectivity index (χ0n) is 14.1. The molecule has 0 aromatic carbocycles. The zero-order valence-corrected chi connectivity index (χ0v) is 14.1. The van der Waals surface area contributed by atoms with Crippen LogP contribution in [0.4, 0.5) is 0 Å². The van der Waals surface area contributed by atoms with E-state index in [0.29, 0.717) is 0 Å². The summed E-state index contributed by atoms with van der Waals surface area (Å²) >= 11 is 0. The van der Waals surface area contributed by atoms with E-state index >= 15 is 0 Å². The highest BCUT2D eigenvalue weighted by molar-refractivity contribution is 5.92. The number of oxime groups is 1. The molecule has 0 aliphatic rings. The smallest absolute Gasteiger partial charge is 0.263 e. The first-order valence-electron chi connectivity index (χ1n) is 7.04. The molecule has 0 bridgehead atoms. The maximum Gasteiger partial charge on any atom is 0.263 e. The van der Waals surface area contributed by atoms with E-state index in [1.54, 1.807) is 18.7 Å². The molecule has 0 unspecified atom stereocenters. The number of carbonyl (C=O) groups excluding carboxylic acids is 2. The van der Waals surface area contributed by atoms with Crippen molar-refractivity contribution in [3.63, 3.8) is 0 Å². The molecule has 0 aromatic rings. The molecule has 21 heavy (non-hydrogen) atoms. The molecule has 0 rings (SSSR count). The van der Waals surface area contributed by atoms with Crippen LogP contribution in [0.1, 0.15) is 48.5 Å². The van der Waals surface area contributed by atoms with Gasteiger partial charge in [0.25, 0.3) is 5.91 Å². The molecular weight excluding hydrogens is 272 g/mol. The van der Waals surface area contributed by atoms with E-state index < -0.39 is 5.54 Å². The van der Waals surface area contributed by atoms with Crippen LogP contribution < -0.4 is 11.1 Å². The second kappa shape index (κ2) is 7.85. The predicted molar refractivity (Wildman–Crippen MR) is 82.6 cm³/mol. The van der Waals surface area contributed by atoms with Gasteiger partial charge in [0.05, 0.1) is 5.54 Å². The first kappa shape index (κ1) is 19.2. The highest BCUT2D eigenvalue weighted by atomic mass is 16.6. The van der Waals surface area contributed by atoms with E-state index in [0.717, 1.165) is 0 Å². The molecule has 0 heterocycles. The molecular formula is C14H28N4O3. The van der Waals surface area contributed by atoms with Crippen molar-refractivity contribution in [2.24, 2.45) is 10.9 Å². The van der Waals surface area contributed by atoms with Gasteiger partial charge in [-0.1, -0.05) is 5.16 Å². The average Bonchev–Trinajstić information content (AvgIpc) is 2.25. The van der Waals surface area contributed by atoms with Crippen LogP contribution >= 0.6 is 0 Å². The Morgan fingerprint density at radius 1 is 1.24 bits per heavy atom. The number of nitrogens with two attached hydrogens (primary N) is 1. The number of rotatable bonds is 7. The van der Waals surface area contributed by atoms with Crippen LogP contribution in [-0.4, -0.2) is 46.8 Å². The first-order chi connectivity index (χ1) is 9.49. The van der Waals surface area contributed by atoms with Crippen LogP contribution in [0.2, 0.25) is 0 Å². The summed E-state index contributed by atoms with van der Waals surface area (Å²) in [5.41, 5.74) is 4.94. The van der Waals surface area contributed by atoms with Gasteiger partial charge in [-0.05, 0) is 41.5 Å². The van der Waals surface area contributed by atoms with Gasteiger partial charge < -0.3 is 20.8 Å². The van der Waals surface area contributed by atoms with Gasteiger partial charge in [-0.3, -0.25) is 9.59 Å². The van der Waals surface area contributed by atoms with Crippen LogP contribution in [0.15, 0.2) is 5.16 Å². The maximum absolute atomic E-state index is 12.1. The lowest BCUT2D eigenvalue weighted by atomic mass is 10.0. The van der Waals surface area contributed by atoms with E-state index in [4.69, 9.17) is 10.6 Å². The first-order valence-corrected chi connectivity index (χ1v) is 7.04. The van der Waals surface area contributed by atoms with E-state index in [9.17, 15) is 9.59 Å². The van der Waals surface area contributed by atoms with Gasteiger partial charge in [0.2, 0.25) is 5.91 Å². The zero-order chi connectivity index (χ0) is 16.8. The van der Waals surface area contributed by atoms with Crippen LogP contribution in [0, 0.1) is 0 Å². The van der Waals surface area contributed by atoms with Crippen molar-refractivity contribution < 1.29 is 14.4 Å². The van der Waals surface area contributed by atoms with Crippen molar-refractivity contribution in [3.05, 3.63) is 0 Å². The third kappa shape index (κ3) is 6.46. The third-order valence-electron chi connectivity index (χ3n) is 2.88. The second-order valence-corrected chi connectivity index (χ2v) is 6.04. The SMILES string of the molecule is CC(=O)NC(C)(C)C(N)=NOCC(=O)N(C(C)C)C(C)C. The predicted octanol–water partition coefficient (Wildman–Crippen LogP) is 0.835. The minimum Gasteiger partial charge on any atom is -0.384 e. The quantitative estimate of drug-likeness (QED) is 0.413. The van der Waals surface area contributed by atoms with Gasteiger partial charge in [-0.15, -0.1) is 0 Å². The van der Waals surface area contributed by atoms with Gasteiger partial charge >= 0.3 is 0 Å². The molecule has 3 N–H and O–H groups in total. The van der Waals surface area contributed by atoms with Crippen LogP contribution in [0.3, 0.4) is 0 Å². The van der Waals surface area contributed by atoms with Gasteiger partial charge in [0.15, 0.2) is 12.4 Å². The number of amidine groups is 1. The molecule has 0 saturated carbocycles. The minimum absolute atomic E-state index is 0.0817. The molecule has 0 fully saturated rings. The molecule has 122 valence electrons. The monoisotopic (exact) mass is 300 g/mol. The Morgan fingerprint density at radius 3 is 2.10 bits per heavy atom. The van der Waals surface area contributed by atoms with Gasteiger partial charge in [0.1, 0.15) is 0 Å². The van der Waals surface area contributed by atoms with E-state index in [1.165, 1.54) is 6.92 Å². The van der Waals surface area contributed by atoms with Crippen LogP contribution in [0.5, 0.6) is 0 Å². The van der Waals surface area contributed by atoms with E-state index in [2.05, 4.69) is 10.5 Å². The number of carbonyl (C=O) groups is 2. The molecule has 0 spiro atoms. The summed E-state index contributed by atoms with van der Waals surface area (Å²) in [7, 11) is 0. The lowest BCUT2D eigenvalue weighted by molar-refractivity contribution is -0.139. The molecule has 0 aliphatic carbocycles. The number of hydrogen-bond donors (Lipinski definition) is 2. The Labute approximate surface area is 126 Å². The fourth-order valence-corrected chi connectivity index (χ4v) is 2.02. The number of nitrogens with zero attached hydrogens (tertiary/aromatic N) is 2. The lowest BCUT2D eigenvalue weighted by Gasteiger charge is -2.30. The molecule has 0 radical (unpaired) electrons. The summed E-state index contributed by atoms with van der Waals surface area (Å²) in [4.78, 5) is 29.9. The van der Waals surface area contributed by atoms with Crippen LogP contribution in [-0.2, 0) is 14.4 Å². The van der Waals surface area contributed by atoms with Crippen molar-refractivity contribution in [1.82, 2.24) is 10.2 Å². The fraction of sp³-hybridized carbons (Fsp3) is 0.786. The van der Waals surface area contributed by atoms with Gasteiger partial charge in [0, 0.05) is 19.0 Å². The van der Waals surface area contributed by atoms with Gasteiger partial charge in [-0.25, -0.2) is 0 Å². The summed E-state index contributed by atoms with van der Waals surface area (Å²) in [6.45, 7) is 12.4. The molecule has 2 amide bonds. The maximum atomic E-state index is 12.1. The van der Waals surface area contributed by atoms with Crippen molar-refractivity contribution in [3.8, 4) is 0 Å². The van der Waals surface area contributed by atoms with Crippen molar-refractivity contribution in [2.45, 2.75) is 66.1 Å². The Bertz CT molecular complexity index is 395. The Kier molecular flexibility index (Phi) is 7.18. The van der Waals surface area contributed by atoms with E-state index in [1.807, 2.05) is 27.7 Å². The van der Waals surface area contributed by atoms with Crippen molar-refractivity contribution in [2.75, 3.05) is 6.61 Å². The van der Waals surface area contributed by atoms with Crippen LogP contribution in [0.25, 0.3) is 0 Å². The number of hydrogen-bond acceptors (Lipinski definition) is 4. The molecule has 7 heteroatoms. The Morgan fingerprint density at radius 2 is 1.71 bits per heavy atom. The van der Waals surface area contributed by atoms with Crippen molar-refractivity contribution >= 4 is 17.6 Å². The molecule has 0 atom stereocenters. The lowest BCUT2D eigenvalue weighted by Crippen LogP contribution is -2.52. The summed E-state index contributed by atoms with van der Waals surface area (Å²) in [5, 5.41) is 6.37.